The molecule has 0 radical (unpaired) electrons. The van der Waals surface area contributed by atoms with Gasteiger partial charge in [0.1, 0.15) is 11.2 Å². The molecule has 2 heterocycles. The van der Waals surface area contributed by atoms with Crippen molar-refractivity contribution in [3.05, 3.63) is 53.7 Å². The molecule has 1 N–H and O–H groups in total. The van der Waals surface area contributed by atoms with Gasteiger partial charge in [-0.2, -0.15) is 13.2 Å². The average Bonchev–Trinajstić information content (AvgIpc) is 2.86. The zero-order valence-electron chi connectivity index (χ0n) is 11.8. The molecule has 0 atom stereocenters. The Morgan fingerprint density at radius 3 is 2.65 bits per heavy atom. The fourth-order valence-electron chi connectivity index (χ4n) is 2.02. The van der Waals surface area contributed by atoms with Crippen molar-refractivity contribution in [1.82, 2.24) is 9.97 Å². The molecule has 0 spiro atoms. The maximum Gasteiger partial charge on any atom is 0.433 e. The molecule has 3 rings (SSSR count). The molecular weight excluding hydrogens is 311 g/mol. The number of benzene rings is 1. The molecule has 0 unspecified atom stereocenters. The van der Waals surface area contributed by atoms with Crippen LogP contribution in [-0.4, -0.2) is 15.9 Å². The van der Waals surface area contributed by atoms with Gasteiger partial charge in [-0.25, -0.2) is 4.98 Å². The second-order valence-electron chi connectivity index (χ2n) is 4.80. The van der Waals surface area contributed by atoms with Crippen LogP contribution in [0.5, 0.6) is 0 Å². The van der Waals surface area contributed by atoms with Crippen molar-refractivity contribution >= 4 is 22.7 Å². The third-order valence-corrected chi connectivity index (χ3v) is 3.07. The minimum Gasteiger partial charge on any atom is -0.441 e. The van der Waals surface area contributed by atoms with Gasteiger partial charge in [0.15, 0.2) is 11.5 Å². The SMILES string of the molecule is Cc1nc2cc(NC(=O)c3ccc(C(F)(F)F)nc3)ccc2o1. The molecular formula is C15H10F3N3O2. The number of nitrogens with zero attached hydrogens (tertiary/aromatic N) is 2. The number of carbonyl (C=O) groups is 1. The fourth-order valence-corrected chi connectivity index (χ4v) is 2.02. The van der Waals surface area contributed by atoms with Gasteiger partial charge in [0.2, 0.25) is 0 Å². The number of rotatable bonds is 2. The number of halogens is 3. The van der Waals surface area contributed by atoms with E-state index >= 15 is 0 Å². The lowest BCUT2D eigenvalue weighted by Crippen LogP contribution is -2.14. The maximum absolute atomic E-state index is 12.4. The van der Waals surface area contributed by atoms with Gasteiger partial charge in [-0.15, -0.1) is 0 Å². The summed E-state index contributed by atoms with van der Waals surface area (Å²) in [4.78, 5) is 19.4. The molecule has 0 bridgehead atoms. The number of alkyl halides is 3. The molecule has 2 aromatic heterocycles. The summed E-state index contributed by atoms with van der Waals surface area (Å²) in [6, 6.07) is 6.71. The van der Waals surface area contributed by atoms with Gasteiger partial charge < -0.3 is 9.73 Å². The van der Waals surface area contributed by atoms with Crippen molar-refractivity contribution in [3.63, 3.8) is 0 Å². The summed E-state index contributed by atoms with van der Waals surface area (Å²) in [6.07, 6.45) is -3.65. The van der Waals surface area contributed by atoms with Gasteiger partial charge in [-0.1, -0.05) is 0 Å². The van der Waals surface area contributed by atoms with E-state index in [0.717, 1.165) is 18.3 Å². The van der Waals surface area contributed by atoms with E-state index in [4.69, 9.17) is 4.42 Å². The van der Waals surface area contributed by atoms with Crippen molar-refractivity contribution < 1.29 is 22.4 Å². The second-order valence-corrected chi connectivity index (χ2v) is 4.80. The second kappa shape index (κ2) is 5.38. The van der Waals surface area contributed by atoms with Gasteiger partial charge >= 0.3 is 6.18 Å². The van der Waals surface area contributed by atoms with Crippen molar-refractivity contribution in [2.24, 2.45) is 0 Å². The summed E-state index contributed by atoms with van der Waals surface area (Å²) in [7, 11) is 0. The highest BCUT2D eigenvalue weighted by Crippen LogP contribution is 2.27. The van der Waals surface area contributed by atoms with Crippen LogP contribution in [0.3, 0.4) is 0 Å². The number of aryl methyl sites for hydroxylation is 1. The van der Waals surface area contributed by atoms with Crippen LogP contribution in [0.4, 0.5) is 18.9 Å². The first-order valence-electron chi connectivity index (χ1n) is 6.55. The quantitative estimate of drug-likeness (QED) is 0.779. The van der Waals surface area contributed by atoms with Gasteiger partial charge in [0.25, 0.3) is 5.91 Å². The van der Waals surface area contributed by atoms with Crippen molar-refractivity contribution in [1.29, 1.82) is 0 Å². The highest BCUT2D eigenvalue weighted by atomic mass is 19.4. The van der Waals surface area contributed by atoms with Crippen LogP contribution in [0, 0.1) is 6.92 Å². The zero-order valence-corrected chi connectivity index (χ0v) is 11.8. The number of pyridine rings is 1. The molecule has 118 valence electrons. The van der Waals surface area contributed by atoms with Crippen LogP contribution >= 0.6 is 0 Å². The van der Waals surface area contributed by atoms with Gasteiger partial charge in [-0.3, -0.25) is 9.78 Å². The number of amides is 1. The highest BCUT2D eigenvalue weighted by Gasteiger charge is 2.32. The molecule has 0 saturated carbocycles. The molecule has 0 aliphatic heterocycles. The Labute approximate surface area is 128 Å². The molecule has 0 aliphatic rings. The number of carbonyl (C=O) groups excluding carboxylic acids is 1. The number of hydrogen-bond donors (Lipinski definition) is 1. The Morgan fingerprint density at radius 1 is 1.22 bits per heavy atom. The van der Waals surface area contributed by atoms with E-state index in [-0.39, 0.29) is 5.56 Å². The van der Waals surface area contributed by atoms with E-state index in [1.165, 1.54) is 0 Å². The molecule has 8 heteroatoms. The van der Waals surface area contributed by atoms with Gasteiger partial charge in [0.05, 0.1) is 5.56 Å². The highest BCUT2D eigenvalue weighted by molar-refractivity contribution is 6.04. The Kier molecular flexibility index (Phi) is 3.51. The smallest absolute Gasteiger partial charge is 0.433 e. The molecule has 1 amide bonds. The number of aromatic nitrogens is 2. The van der Waals surface area contributed by atoms with E-state index < -0.39 is 17.8 Å². The Morgan fingerprint density at radius 2 is 2.00 bits per heavy atom. The Hall–Kier alpha value is -2.90. The molecule has 1 aromatic carbocycles. The largest absolute Gasteiger partial charge is 0.441 e. The average molecular weight is 321 g/mol. The van der Waals surface area contributed by atoms with E-state index in [1.54, 1.807) is 25.1 Å². The third kappa shape index (κ3) is 3.15. The van der Waals surface area contributed by atoms with Crippen LogP contribution in [0.25, 0.3) is 11.1 Å². The first-order valence-corrected chi connectivity index (χ1v) is 6.55. The van der Waals surface area contributed by atoms with Crippen molar-refractivity contribution in [2.75, 3.05) is 5.32 Å². The predicted molar refractivity (Wildman–Crippen MR) is 75.9 cm³/mol. The first kappa shape index (κ1) is 15.0. The number of nitrogens with one attached hydrogen (secondary N) is 1. The summed E-state index contributed by atoms with van der Waals surface area (Å²) in [6.45, 7) is 1.70. The Bertz CT molecular complexity index is 870. The molecule has 0 fully saturated rings. The van der Waals surface area contributed by atoms with Gasteiger partial charge in [-0.05, 0) is 30.3 Å². The van der Waals surface area contributed by atoms with Crippen LogP contribution in [0.15, 0.2) is 40.9 Å². The van der Waals surface area contributed by atoms with Crippen LogP contribution in [0.1, 0.15) is 21.9 Å². The third-order valence-electron chi connectivity index (χ3n) is 3.07. The number of hydrogen-bond acceptors (Lipinski definition) is 4. The van der Waals surface area contributed by atoms with E-state index in [0.29, 0.717) is 22.7 Å². The minimum atomic E-state index is -4.54. The molecule has 0 aliphatic carbocycles. The minimum absolute atomic E-state index is 0.0226. The van der Waals surface area contributed by atoms with Crippen molar-refractivity contribution in [2.45, 2.75) is 13.1 Å². The van der Waals surface area contributed by atoms with Gasteiger partial charge in [0, 0.05) is 18.8 Å². The Balaban J connectivity index is 1.79. The number of oxazole rings is 1. The van der Waals surface area contributed by atoms with Crippen LogP contribution in [-0.2, 0) is 6.18 Å². The standard InChI is InChI=1S/C15H10F3N3O2/c1-8-20-11-6-10(3-4-12(11)23-8)21-14(22)9-2-5-13(19-7-9)15(16,17)18/h2-7H,1H3,(H,21,22). The normalized spacial score (nSPS) is 11.7. The fraction of sp³-hybridized carbons (Fsp3) is 0.133. The maximum atomic E-state index is 12.4. The molecule has 5 nitrogen and oxygen atoms in total. The molecule has 23 heavy (non-hydrogen) atoms. The lowest BCUT2D eigenvalue weighted by atomic mass is 10.2. The summed E-state index contributed by atoms with van der Waals surface area (Å²) in [5.41, 5.74) is 0.584. The predicted octanol–water partition coefficient (Wildman–Crippen LogP) is 3.80. The van der Waals surface area contributed by atoms with Crippen LogP contribution < -0.4 is 5.32 Å². The van der Waals surface area contributed by atoms with E-state index in [1.807, 2.05) is 0 Å². The summed E-state index contributed by atoms with van der Waals surface area (Å²) in [5.74, 6) is -0.0683. The lowest BCUT2D eigenvalue weighted by molar-refractivity contribution is -0.141. The zero-order chi connectivity index (χ0) is 16.6. The number of anilines is 1. The van der Waals surface area contributed by atoms with E-state index in [2.05, 4.69) is 15.3 Å². The summed E-state index contributed by atoms with van der Waals surface area (Å²) < 4.78 is 42.6. The van der Waals surface area contributed by atoms with E-state index in [9.17, 15) is 18.0 Å². The first-order chi connectivity index (χ1) is 10.8. The summed E-state index contributed by atoms with van der Waals surface area (Å²) >= 11 is 0. The monoisotopic (exact) mass is 321 g/mol. The summed E-state index contributed by atoms with van der Waals surface area (Å²) in [5, 5.41) is 2.58. The number of fused-ring (bicyclic) bond motifs is 1. The molecule has 3 aromatic rings. The topological polar surface area (TPSA) is 68.0 Å². The van der Waals surface area contributed by atoms with Crippen molar-refractivity contribution in [3.8, 4) is 0 Å². The lowest BCUT2D eigenvalue weighted by Gasteiger charge is -2.07. The van der Waals surface area contributed by atoms with Crippen LogP contribution in [0.2, 0.25) is 0 Å². The molecule has 0 saturated heterocycles.